The molecule has 0 spiro atoms. The van der Waals surface area contributed by atoms with Crippen molar-refractivity contribution in [1.82, 2.24) is 15.3 Å². The van der Waals surface area contributed by atoms with E-state index < -0.39 is 11.9 Å². The van der Waals surface area contributed by atoms with E-state index in [1.807, 2.05) is 13.0 Å². The normalized spacial score (nSPS) is 16.2. The highest BCUT2D eigenvalue weighted by atomic mass is 19.4. The van der Waals surface area contributed by atoms with E-state index in [0.717, 1.165) is 49.5 Å². The molecule has 1 saturated heterocycles. The topological polar surface area (TPSA) is 47.0 Å². The van der Waals surface area contributed by atoms with Crippen molar-refractivity contribution in [1.29, 1.82) is 0 Å². The molecule has 0 bridgehead atoms. The lowest BCUT2D eigenvalue weighted by atomic mass is 9.92. The predicted octanol–water partition coefficient (Wildman–Crippen LogP) is 4.06. The van der Waals surface area contributed by atoms with Crippen molar-refractivity contribution in [3.8, 4) is 11.5 Å². The Morgan fingerprint density at radius 1 is 1.12 bits per heavy atom. The number of rotatable bonds is 3. The molecule has 2 aromatic rings. The van der Waals surface area contributed by atoms with Gasteiger partial charge in [0.1, 0.15) is 11.4 Å². The Kier molecular flexibility index (Phi) is 4.71. The molecule has 3 rings (SSSR count). The monoisotopic (exact) mass is 337 g/mol. The fourth-order valence-corrected chi connectivity index (χ4v) is 2.81. The molecule has 2 aromatic heterocycles. The molecule has 24 heavy (non-hydrogen) atoms. The van der Waals surface area contributed by atoms with E-state index in [1.54, 1.807) is 6.20 Å². The van der Waals surface area contributed by atoms with E-state index in [9.17, 15) is 13.2 Å². The Morgan fingerprint density at radius 3 is 2.50 bits per heavy atom. The third-order valence-electron chi connectivity index (χ3n) is 4.10. The van der Waals surface area contributed by atoms with Crippen molar-refractivity contribution < 1.29 is 17.9 Å². The number of halogens is 3. The molecule has 0 aromatic carbocycles. The van der Waals surface area contributed by atoms with Crippen LogP contribution in [0, 0.1) is 6.92 Å². The van der Waals surface area contributed by atoms with Gasteiger partial charge in [-0.3, -0.25) is 4.98 Å². The molecular formula is C17H18F3N3O. The third-order valence-corrected chi connectivity index (χ3v) is 4.10. The second-order valence-corrected chi connectivity index (χ2v) is 5.85. The fraction of sp³-hybridized carbons (Fsp3) is 0.412. The second kappa shape index (κ2) is 6.76. The number of hydrogen-bond donors (Lipinski definition) is 1. The maximum atomic E-state index is 12.6. The van der Waals surface area contributed by atoms with Crippen LogP contribution in [0.1, 0.15) is 35.7 Å². The van der Waals surface area contributed by atoms with E-state index >= 15 is 0 Å². The molecule has 1 aliphatic heterocycles. The molecule has 3 heterocycles. The van der Waals surface area contributed by atoms with Crippen LogP contribution in [-0.2, 0) is 6.18 Å². The highest BCUT2D eigenvalue weighted by Gasteiger charge is 2.32. The van der Waals surface area contributed by atoms with Gasteiger partial charge in [0.15, 0.2) is 5.75 Å². The number of aryl methyl sites for hydroxylation is 1. The van der Waals surface area contributed by atoms with Crippen molar-refractivity contribution in [2.24, 2.45) is 0 Å². The lowest BCUT2D eigenvalue weighted by Crippen LogP contribution is -2.27. The molecular weight excluding hydrogens is 319 g/mol. The summed E-state index contributed by atoms with van der Waals surface area (Å²) < 4.78 is 43.6. The minimum atomic E-state index is -4.46. The summed E-state index contributed by atoms with van der Waals surface area (Å²) in [5.74, 6) is 1.17. The number of ether oxygens (including phenoxy) is 1. The van der Waals surface area contributed by atoms with Crippen molar-refractivity contribution in [3.05, 3.63) is 47.5 Å². The number of aromatic nitrogens is 2. The van der Waals surface area contributed by atoms with Gasteiger partial charge in [-0.25, -0.2) is 4.98 Å². The molecule has 1 fully saturated rings. The van der Waals surface area contributed by atoms with E-state index in [0.29, 0.717) is 5.75 Å². The van der Waals surface area contributed by atoms with Crippen LogP contribution in [0.25, 0.3) is 0 Å². The van der Waals surface area contributed by atoms with E-state index in [2.05, 4.69) is 15.3 Å². The Labute approximate surface area is 138 Å². The van der Waals surface area contributed by atoms with Crippen LogP contribution in [0.2, 0.25) is 0 Å². The molecule has 128 valence electrons. The van der Waals surface area contributed by atoms with E-state index in [1.165, 1.54) is 6.07 Å². The standard InChI is InChI=1S/C17H18F3N3O/c1-11-4-9-22-15(12-5-7-21-8-6-12)16(11)24-13-2-3-14(23-10-13)17(18,19)20/h2-4,9-10,12,21H,5-8H2,1H3. The van der Waals surface area contributed by atoms with Crippen LogP contribution < -0.4 is 10.1 Å². The molecule has 0 radical (unpaired) electrons. The van der Waals surface area contributed by atoms with Gasteiger partial charge in [-0.1, -0.05) is 0 Å². The van der Waals surface area contributed by atoms with Crippen molar-refractivity contribution >= 4 is 0 Å². The number of nitrogens with zero attached hydrogens (tertiary/aromatic N) is 2. The smallest absolute Gasteiger partial charge is 0.433 e. The molecule has 0 atom stereocenters. The number of nitrogens with one attached hydrogen (secondary N) is 1. The molecule has 4 nitrogen and oxygen atoms in total. The summed E-state index contributed by atoms with van der Waals surface area (Å²) in [4.78, 5) is 7.90. The zero-order valence-corrected chi connectivity index (χ0v) is 13.2. The number of alkyl halides is 3. The van der Waals surface area contributed by atoms with Crippen molar-refractivity contribution in [2.45, 2.75) is 31.9 Å². The lowest BCUT2D eigenvalue weighted by molar-refractivity contribution is -0.141. The van der Waals surface area contributed by atoms with Crippen LogP contribution in [0.5, 0.6) is 11.5 Å². The minimum absolute atomic E-state index is 0.272. The van der Waals surface area contributed by atoms with Crippen LogP contribution in [0.3, 0.4) is 0 Å². The summed E-state index contributed by atoms with van der Waals surface area (Å²) in [6.45, 7) is 3.74. The molecule has 1 N–H and O–H groups in total. The molecule has 0 aliphatic carbocycles. The van der Waals surface area contributed by atoms with Crippen LogP contribution in [0.4, 0.5) is 13.2 Å². The SMILES string of the molecule is Cc1ccnc(C2CCNCC2)c1Oc1ccc(C(F)(F)F)nc1. The Hall–Kier alpha value is -2.15. The number of pyridine rings is 2. The van der Waals surface area contributed by atoms with Crippen LogP contribution in [0.15, 0.2) is 30.6 Å². The van der Waals surface area contributed by atoms with Crippen LogP contribution in [-0.4, -0.2) is 23.1 Å². The average Bonchev–Trinajstić information content (AvgIpc) is 2.57. The van der Waals surface area contributed by atoms with Gasteiger partial charge in [-0.05, 0) is 56.6 Å². The highest BCUT2D eigenvalue weighted by Crippen LogP contribution is 2.36. The summed E-state index contributed by atoms with van der Waals surface area (Å²) >= 11 is 0. The second-order valence-electron chi connectivity index (χ2n) is 5.85. The van der Waals surface area contributed by atoms with Crippen molar-refractivity contribution in [3.63, 3.8) is 0 Å². The summed E-state index contributed by atoms with van der Waals surface area (Å²) in [5.41, 5.74) is 0.825. The van der Waals surface area contributed by atoms with E-state index in [4.69, 9.17) is 4.74 Å². The van der Waals surface area contributed by atoms with E-state index in [-0.39, 0.29) is 11.7 Å². The fourth-order valence-electron chi connectivity index (χ4n) is 2.81. The lowest BCUT2D eigenvalue weighted by Gasteiger charge is -2.24. The first kappa shape index (κ1) is 16.7. The third kappa shape index (κ3) is 3.67. The largest absolute Gasteiger partial charge is 0.454 e. The highest BCUT2D eigenvalue weighted by molar-refractivity contribution is 5.41. The van der Waals surface area contributed by atoms with Gasteiger partial charge in [0, 0.05) is 12.1 Å². The minimum Gasteiger partial charge on any atom is -0.454 e. The number of hydrogen-bond acceptors (Lipinski definition) is 4. The summed E-state index contributed by atoms with van der Waals surface area (Å²) in [6.07, 6.45) is 0.297. The quantitative estimate of drug-likeness (QED) is 0.917. The van der Waals surface area contributed by atoms with Gasteiger partial charge in [0.25, 0.3) is 0 Å². The maximum absolute atomic E-state index is 12.6. The molecule has 0 amide bonds. The van der Waals surface area contributed by atoms with Gasteiger partial charge >= 0.3 is 6.18 Å². The maximum Gasteiger partial charge on any atom is 0.433 e. The van der Waals surface area contributed by atoms with Gasteiger partial charge in [0.05, 0.1) is 11.9 Å². The Balaban J connectivity index is 1.86. The number of piperidine rings is 1. The first-order valence-electron chi connectivity index (χ1n) is 7.82. The molecule has 7 heteroatoms. The summed E-state index contributed by atoms with van der Waals surface area (Å²) in [7, 11) is 0. The zero-order chi connectivity index (χ0) is 17.2. The summed E-state index contributed by atoms with van der Waals surface area (Å²) in [5, 5.41) is 3.30. The zero-order valence-electron chi connectivity index (χ0n) is 13.2. The molecule has 0 unspecified atom stereocenters. The van der Waals surface area contributed by atoms with Crippen molar-refractivity contribution in [2.75, 3.05) is 13.1 Å². The Morgan fingerprint density at radius 2 is 1.88 bits per heavy atom. The van der Waals surface area contributed by atoms with Gasteiger partial charge < -0.3 is 10.1 Å². The molecule has 1 aliphatic rings. The van der Waals surface area contributed by atoms with Gasteiger partial charge in [-0.2, -0.15) is 13.2 Å². The average molecular weight is 337 g/mol. The van der Waals surface area contributed by atoms with Gasteiger partial charge in [0.2, 0.25) is 0 Å². The first-order valence-corrected chi connectivity index (χ1v) is 7.82. The van der Waals surface area contributed by atoms with Gasteiger partial charge in [-0.15, -0.1) is 0 Å². The van der Waals surface area contributed by atoms with Crippen LogP contribution >= 0.6 is 0 Å². The first-order chi connectivity index (χ1) is 11.4. The predicted molar refractivity (Wildman–Crippen MR) is 83.1 cm³/mol. The molecule has 0 saturated carbocycles. The summed E-state index contributed by atoms with van der Waals surface area (Å²) in [6, 6.07) is 4.04. The Bertz CT molecular complexity index is 695.